The van der Waals surface area contributed by atoms with Gasteiger partial charge in [-0.05, 0) is 69.2 Å². The number of alkyl halides is 3. The van der Waals surface area contributed by atoms with Crippen molar-refractivity contribution in [3.8, 4) is 11.8 Å². The average Bonchev–Trinajstić information content (AvgIpc) is 3.56. The summed E-state index contributed by atoms with van der Waals surface area (Å²) in [5, 5.41) is 18.4. The maximum absolute atomic E-state index is 14.9. The van der Waals surface area contributed by atoms with Crippen molar-refractivity contribution in [2.24, 2.45) is 5.41 Å². The van der Waals surface area contributed by atoms with Gasteiger partial charge < -0.3 is 14.7 Å². The molecular weight excluding hydrogens is 498 g/mol. The van der Waals surface area contributed by atoms with Gasteiger partial charge in [-0.2, -0.15) is 18.4 Å². The van der Waals surface area contributed by atoms with E-state index in [0.29, 0.717) is 24.2 Å². The van der Waals surface area contributed by atoms with Crippen LogP contribution >= 0.6 is 12.2 Å². The number of carboxylic acid groups (broad SMARTS) is 1. The molecule has 1 N–H and O–H groups in total. The summed E-state index contributed by atoms with van der Waals surface area (Å²) < 4.78 is 61.0. The topological polar surface area (TPSA) is 76.8 Å². The van der Waals surface area contributed by atoms with E-state index >= 15 is 0 Å². The molecule has 4 rings (SSSR count). The summed E-state index contributed by atoms with van der Waals surface area (Å²) in [6.07, 6.45) is -3.83. The lowest BCUT2D eigenvalue weighted by Gasteiger charge is -2.31. The Hall–Kier alpha value is -3.65. The van der Waals surface area contributed by atoms with Crippen molar-refractivity contribution >= 4 is 34.7 Å². The molecular formula is C25H21F4N3O3S. The first-order valence-corrected chi connectivity index (χ1v) is 11.2. The number of carbonyl (C=O) groups is 1. The lowest BCUT2D eigenvalue weighted by Crippen LogP contribution is -2.41. The predicted molar refractivity (Wildman–Crippen MR) is 128 cm³/mol. The summed E-state index contributed by atoms with van der Waals surface area (Å²) in [4.78, 5) is 14.2. The number of aliphatic carboxylic acids is 1. The van der Waals surface area contributed by atoms with Crippen LogP contribution in [0, 0.1) is 22.6 Å². The van der Waals surface area contributed by atoms with Crippen molar-refractivity contribution in [1.82, 2.24) is 0 Å². The molecule has 0 unspecified atom stereocenters. The van der Waals surface area contributed by atoms with Crippen LogP contribution in [-0.2, 0) is 11.0 Å². The molecule has 2 fully saturated rings. The molecule has 0 spiro atoms. The van der Waals surface area contributed by atoms with Gasteiger partial charge in [-0.15, -0.1) is 0 Å². The van der Waals surface area contributed by atoms with Crippen LogP contribution in [0.1, 0.15) is 37.8 Å². The van der Waals surface area contributed by atoms with Gasteiger partial charge in [-0.3, -0.25) is 9.69 Å². The van der Waals surface area contributed by atoms with E-state index in [1.165, 1.54) is 29.2 Å². The minimum absolute atomic E-state index is 0.0655. The smallest absolute Gasteiger partial charge is 0.417 e. The number of rotatable bonds is 6. The van der Waals surface area contributed by atoms with E-state index in [9.17, 15) is 27.5 Å². The number of hydrogen-bond donors (Lipinski definition) is 1. The Balaban J connectivity index is 1.65. The molecule has 6 nitrogen and oxygen atoms in total. The van der Waals surface area contributed by atoms with Crippen molar-refractivity contribution in [2.45, 2.75) is 38.4 Å². The molecule has 1 saturated heterocycles. The molecule has 36 heavy (non-hydrogen) atoms. The molecule has 0 aromatic heterocycles. The number of hydrogen-bond acceptors (Lipinski definition) is 4. The fourth-order valence-electron chi connectivity index (χ4n) is 4.09. The number of nitrogens with zero attached hydrogens (tertiary/aromatic N) is 3. The van der Waals surface area contributed by atoms with Crippen LogP contribution in [0.5, 0.6) is 5.75 Å². The van der Waals surface area contributed by atoms with Gasteiger partial charge in [0.1, 0.15) is 12.0 Å². The Kier molecular flexibility index (Phi) is 5.99. The molecule has 11 heteroatoms. The summed E-state index contributed by atoms with van der Waals surface area (Å²) in [6.45, 7) is 7.34. The highest BCUT2D eigenvalue weighted by Crippen LogP contribution is 2.47. The molecule has 2 aromatic rings. The van der Waals surface area contributed by atoms with E-state index in [4.69, 9.17) is 22.2 Å². The summed E-state index contributed by atoms with van der Waals surface area (Å²) >= 11 is 5.59. The molecule has 1 aliphatic carbocycles. The lowest BCUT2D eigenvalue weighted by atomic mass is 9.99. The zero-order chi connectivity index (χ0) is 26.6. The number of anilines is 2. The van der Waals surface area contributed by atoms with Gasteiger partial charge in [-0.25, -0.2) is 4.39 Å². The van der Waals surface area contributed by atoms with E-state index in [1.54, 1.807) is 24.8 Å². The molecule has 2 aliphatic rings. The van der Waals surface area contributed by atoms with Gasteiger partial charge in [-0.1, -0.05) is 6.58 Å². The largest absolute Gasteiger partial charge is 0.489 e. The molecule has 0 bridgehead atoms. The van der Waals surface area contributed by atoms with Gasteiger partial charge in [0.05, 0.1) is 22.7 Å². The minimum Gasteiger partial charge on any atom is -0.489 e. The van der Waals surface area contributed by atoms with Crippen LogP contribution in [0.2, 0.25) is 0 Å². The van der Waals surface area contributed by atoms with Crippen molar-refractivity contribution in [2.75, 3.05) is 16.4 Å². The normalized spacial score (nSPS) is 18.2. The maximum Gasteiger partial charge on any atom is 0.417 e. The van der Waals surface area contributed by atoms with E-state index in [0.717, 1.165) is 12.1 Å². The molecule has 1 heterocycles. The first-order valence-electron chi connectivity index (χ1n) is 10.8. The van der Waals surface area contributed by atoms with Crippen LogP contribution in [0.4, 0.5) is 28.9 Å². The van der Waals surface area contributed by atoms with E-state index in [-0.39, 0.29) is 23.2 Å². The molecule has 0 atom stereocenters. The second kappa shape index (κ2) is 8.48. The highest BCUT2D eigenvalue weighted by atomic mass is 32.1. The lowest BCUT2D eigenvalue weighted by molar-refractivity contribution is -0.144. The molecule has 1 aliphatic heterocycles. The SMILES string of the molecule is C=C1N(c2ccc(C#N)c(C(F)(F)F)c2)C(=S)N(c2ccc(OCC3(C(=O)O)CC3)c(F)c2)C1(C)C. The van der Waals surface area contributed by atoms with Crippen LogP contribution in [-0.4, -0.2) is 28.3 Å². The number of carboxylic acids is 1. The third-order valence-electron chi connectivity index (χ3n) is 6.59. The van der Waals surface area contributed by atoms with Crippen molar-refractivity contribution in [3.05, 3.63) is 65.6 Å². The highest BCUT2D eigenvalue weighted by Gasteiger charge is 2.51. The highest BCUT2D eigenvalue weighted by molar-refractivity contribution is 7.80. The van der Waals surface area contributed by atoms with Crippen LogP contribution in [0.15, 0.2) is 48.7 Å². The summed E-state index contributed by atoms with van der Waals surface area (Å²) in [6, 6.07) is 8.85. The number of ether oxygens (including phenoxy) is 1. The number of benzene rings is 2. The second-order valence-electron chi connectivity index (χ2n) is 9.29. The molecule has 188 valence electrons. The minimum atomic E-state index is -4.75. The van der Waals surface area contributed by atoms with E-state index < -0.39 is 40.0 Å². The fraction of sp³-hybridized carbons (Fsp3) is 0.320. The maximum atomic E-state index is 14.9. The third kappa shape index (κ3) is 4.15. The van der Waals surface area contributed by atoms with Crippen molar-refractivity contribution in [1.29, 1.82) is 5.26 Å². The molecule has 0 amide bonds. The molecule has 1 saturated carbocycles. The van der Waals surface area contributed by atoms with Gasteiger partial charge in [0.15, 0.2) is 16.7 Å². The standard InChI is InChI=1S/C25H21F4N3O3S/c1-14-23(2,3)32(17-6-7-20(19(26)11-17)35-13-24(8-9-24)21(33)34)22(36)31(14)16-5-4-15(12-30)18(10-16)25(27,28)29/h4-7,10-11H,1,8-9,13H2,2-3H3,(H,33,34). The zero-order valence-electron chi connectivity index (χ0n) is 19.3. The van der Waals surface area contributed by atoms with E-state index in [1.807, 2.05) is 0 Å². The van der Waals surface area contributed by atoms with Crippen molar-refractivity contribution < 1.29 is 32.2 Å². The fourth-order valence-corrected chi connectivity index (χ4v) is 4.64. The first-order chi connectivity index (χ1) is 16.7. The van der Waals surface area contributed by atoms with Crippen LogP contribution < -0.4 is 14.5 Å². The van der Waals surface area contributed by atoms with E-state index in [2.05, 4.69) is 6.58 Å². The Labute approximate surface area is 210 Å². The van der Waals surface area contributed by atoms with Crippen LogP contribution in [0.3, 0.4) is 0 Å². The quantitative estimate of drug-likeness (QED) is 0.378. The Morgan fingerprint density at radius 3 is 2.39 bits per heavy atom. The average molecular weight is 520 g/mol. The number of thiocarbonyl (C=S) groups is 1. The first kappa shape index (κ1) is 25.4. The predicted octanol–water partition coefficient (Wildman–Crippen LogP) is 5.86. The van der Waals surface area contributed by atoms with Gasteiger partial charge >= 0.3 is 12.1 Å². The van der Waals surface area contributed by atoms with Gasteiger partial charge in [0, 0.05) is 23.1 Å². The van der Waals surface area contributed by atoms with Gasteiger partial charge in [0.25, 0.3) is 0 Å². The summed E-state index contributed by atoms with van der Waals surface area (Å²) in [5.74, 6) is -1.85. The Morgan fingerprint density at radius 1 is 1.22 bits per heavy atom. The second-order valence-corrected chi connectivity index (χ2v) is 9.65. The number of nitriles is 1. The summed E-state index contributed by atoms with van der Waals surface area (Å²) in [7, 11) is 0. The molecule has 2 aromatic carbocycles. The van der Waals surface area contributed by atoms with Gasteiger partial charge in [0.2, 0.25) is 0 Å². The Bertz CT molecular complexity index is 1330. The van der Waals surface area contributed by atoms with Crippen molar-refractivity contribution in [3.63, 3.8) is 0 Å². The zero-order valence-corrected chi connectivity index (χ0v) is 20.1. The molecule has 0 radical (unpaired) electrons. The summed E-state index contributed by atoms with van der Waals surface area (Å²) in [5.41, 5.74) is -2.83. The monoisotopic (exact) mass is 519 g/mol. The number of halogens is 4. The Morgan fingerprint density at radius 2 is 1.86 bits per heavy atom. The third-order valence-corrected chi connectivity index (χ3v) is 6.95. The van der Waals surface area contributed by atoms with Crippen LogP contribution in [0.25, 0.3) is 0 Å².